The zero-order chi connectivity index (χ0) is 29.7. The molecule has 222 valence electrons. The Labute approximate surface area is 231 Å². The van der Waals surface area contributed by atoms with E-state index < -0.39 is 84.8 Å². The first-order valence-corrected chi connectivity index (χ1v) is 12.7. The molecule has 2 aliphatic rings. The van der Waals surface area contributed by atoms with E-state index in [2.05, 4.69) is 0 Å². The predicted molar refractivity (Wildman–Crippen MR) is 137 cm³/mol. The van der Waals surface area contributed by atoms with Gasteiger partial charge in [0.1, 0.15) is 77.2 Å². The summed E-state index contributed by atoms with van der Waals surface area (Å²) in [6, 6.07) is 7.81. The van der Waals surface area contributed by atoms with E-state index in [1.165, 1.54) is 31.2 Å². The van der Waals surface area contributed by atoms with E-state index >= 15 is 0 Å². The molecule has 3 aromatic rings. The molecule has 5 rings (SSSR count). The molecule has 3 heterocycles. The fourth-order valence-electron chi connectivity index (χ4n) is 5.02. The number of benzene rings is 2. The molecule has 0 aliphatic carbocycles. The second kappa shape index (κ2) is 11.2. The average Bonchev–Trinajstić information content (AvgIpc) is 2.94. The highest BCUT2D eigenvalue weighted by atomic mass is 16.7. The molecule has 0 radical (unpaired) electrons. The Morgan fingerprint density at radius 1 is 0.805 bits per heavy atom. The summed E-state index contributed by atoms with van der Waals surface area (Å²) in [7, 11) is 0. The molecule has 0 bridgehead atoms. The fraction of sp³-hybridized carbons (Fsp3) is 0.444. The number of rotatable bonds is 5. The predicted octanol–water partition coefficient (Wildman–Crippen LogP) is -1.41. The van der Waals surface area contributed by atoms with Crippen LogP contribution in [0, 0.1) is 0 Å². The summed E-state index contributed by atoms with van der Waals surface area (Å²) in [6.45, 7) is 0.776. The zero-order valence-corrected chi connectivity index (χ0v) is 21.5. The van der Waals surface area contributed by atoms with Gasteiger partial charge in [-0.1, -0.05) is 0 Å². The SMILES string of the molecule is C[C@H]1O[C@H](Oc2ccc(-c3cc(=O)c4c(O)cc(O)c([C@@H]5O[C@H](CO)[C@@H](O)[C@H](O)[C@H]5O)c4o3)cc2)[C@@H](O)[C@@H](O)[C@@H]1O. The molecule has 9 N–H and O–H groups in total. The lowest BCUT2D eigenvalue weighted by atomic mass is 9.89. The van der Waals surface area contributed by atoms with Crippen LogP contribution in [0.15, 0.2) is 45.6 Å². The van der Waals surface area contributed by atoms with E-state index in [9.17, 15) is 50.8 Å². The number of ether oxygens (including phenoxy) is 3. The van der Waals surface area contributed by atoms with E-state index in [0.29, 0.717) is 5.56 Å². The number of aliphatic hydroxyl groups excluding tert-OH is 7. The Hall–Kier alpha value is -3.31. The standard InChI is InChI=1S/C27H30O14/c1-9-19(32)21(34)24(37)27(38-9)39-11-4-2-10(3-5-11)15-7-14(31)17-12(29)6-13(30)18(25(17)40-15)26-23(36)22(35)20(33)16(8-28)41-26/h2-7,9,16,19-24,26-30,32-37H,8H2,1H3/t9-,16-,19-,20-,21+,22+,23-,24+,26+,27-/m1/s1. The van der Waals surface area contributed by atoms with Gasteiger partial charge in [-0.25, -0.2) is 0 Å². The third-order valence-corrected chi connectivity index (χ3v) is 7.37. The number of hydrogen-bond acceptors (Lipinski definition) is 14. The van der Waals surface area contributed by atoms with Crippen molar-refractivity contribution in [1.29, 1.82) is 0 Å². The summed E-state index contributed by atoms with van der Waals surface area (Å²) in [6.07, 6.45) is -14.5. The molecule has 0 saturated carbocycles. The first kappa shape index (κ1) is 29.2. The largest absolute Gasteiger partial charge is 0.507 e. The van der Waals surface area contributed by atoms with Crippen LogP contribution in [0.25, 0.3) is 22.3 Å². The van der Waals surface area contributed by atoms with Gasteiger partial charge in [-0.15, -0.1) is 0 Å². The maximum absolute atomic E-state index is 13.1. The van der Waals surface area contributed by atoms with Gasteiger partial charge in [0.25, 0.3) is 0 Å². The summed E-state index contributed by atoms with van der Waals surface area (Å²) in [5.41, 5.74) is -1.06. The van der Waals surface area contributed by atoms with Crippen LogP contribution in [0.1, 0.15) is 18.6 Å². The van der Waals surface area contributed by atoms with Crippen molar-refractivity contribution in [1.82, 2.24) is 0 Å². The van der Waals surface area contributed by atoms with Crippen molar-refractivity contribution < 1.29 is 64.6 Å². The molecule has 1 aromatic heterocycles. The van der Waals surface area contributed by atoms with Crippen LogP contribution in [-0.2, 0) is 9.47 Å². The van der Waals surface area contributed by atoms with E-state index in [1.807, 2.05) is 0 Å². The number of phenolic OH excluding ortho intramolecular Hbond substituents is 2. The van der Waals surface area contributed by atoms with Gasteiger partial charge in [0, 0.05) is 17.7 Å². The minimum Gasteiger partial charge on any atom is -0.507 e. The van der Waals surface area contributed by atoms with Gasteiger partial charge in [-0.2, -0.15) is 0 Å². The molecule has 0 unspecified atom stereocenters. The van der Waals surface area contributed by atoms with Crippen LogP contribution in [0.2, 0.25) is 0 Å². The van der Waals surface area contributed by atoms with E-state index in [0.717, 1.165) is 12.1 Å². The van der Waals surface area contributed by atoms with Crippen LogP contribution < -0.4 is 10.2 Å². The molecule has 41 heavy (non-hydrogen) atoms. The highest BCUT2D eigenvalue weighted by Gasteiger charge is 2.46. The normalized spacial score (nSPS) is 34.0. The molecular formula is C27H30O14. The zero-order valence-electron chi connectivity index (χ0n) is 21.5. The molecule has 2 saturated heterocycles. The Kier molecular flexibility index (Phi) is 7.95. The van der Waals surface area contributed by atoms with Crippen molar-refractivity contribution in [2.24, 2.45) is 0 Å². The van der Waals surface area contributed by atoms with E-state index in [4.69, 9.17) is 18.6 Å². The lowest BCUT2D eigenvalue weighted by Crippen LogP contribution is -2.58. The van der Waals surface area contributed by atoms with Crippen molar-refractivity contribution in [2.75, 3.05) is 6.61 Å². The van der Waals surface area contributed by atoms with Crippen molar-refractivity contribution in [3.63, 3.8) is 0 Å². The van der Waals surface area contributed by atoms with Gasteiger partial charge in [0.2, 0.25) is 6.29 Å². The maximum Gasteiger partial charge on any atom is 0.229 e. The van der Waals surface area contributed by atoms with Crippen LogP contribution in [0.4, 0.5) is 0 Å². The lowest BCUT2D eigenvalue weighted by molar-refractivity contribution is -0.268. The van der Waals surface area contributed by atoms with E-state index in [-0.39, 0.29) is 28.0 Å². The molecule has 2 aliphatic heterocycles. The number of aliphatic hydroxyl groups is 7. The summed E-state index contributed by atoms with van der Waals surface area (Å²) in [4.78, 5) is 13.1. The minimum atomic E-state index is -1.81. The van der Waals surface area contributed by atoms with Gasteiger partial charge in [-0.05, 0) is 31.2 Å². The van der Waals surface area contributed by atoms with Gasteiger partial charge >= 0.3 is 0 Å². The van der Waals surface area contributed by atoms with Crippen molar-refractivity contribution in [3.8, 4) is 28.6 Å². The molecular weight excluding hydrogens is 548 g/mol. The Morgan fingerprint density at radius 2 is 1.46 bits per heavy atom. The van der Waals surface area contributed by atoms with Gasteiger partial charge in [0.15, 0.2) is 11.0 Å². The third kappa shape index (κ3) is 5.14. The first-order chi connectivity index (χ1) is 19.4. The highest BCUT2D eigenvalue weighted by molar-refractivity contribution is 5.89. The number of phenols is 2. The van der Waals surface area contributed by atoms with Crippen LogP contribution in [0.3, 0.4) is 0 Å². The Balaban J connectivity index is 1.51. The number of hydrogen-bond donors (Lipinski definition) is 9. The minimum absolute atomic E-state index is 0.0361. The van der Waals surface area contributed by atoms with E-state index in [1.54, 1.807) is 0 Å². The lowest BCUT2D eigenvalue weighted by Gasteiger charge is -2.40. The Bertz CT molecular complexity index is 1450. The molecule has 14 nitrogen and oxygen atoms in total. The second-order valence-electron chi connectivity index (χ2n) is 10.1. The van der Waals surface area contributed by atoms with Crippen molar-refractivity contribution >= 4 is 11.0 Å². The molecule has 0 amide bonds. The van der Waals surface area contributed by atoms with Gasteiger partial charge < -0.3 is 64.6 Å². The van der Waals surface area contributed by atoms with Crippen LogP contribution in [-0.4, -0.2) is 108 Å². The summed E-state index contributed by atoms with van der Waals surface area (Å²) >= 11 is 0. The Morgan fingerprint density at radius 3 is 2.12 bits per heavy atom. The average molecular weight is 579 g/mol. The summed E-state index contributed by atoms with van der Waals surface area (Å²) < 4.78 is 22.5. The fourth-order valence-corrected chi connectivity index (χ4v) is 5.02. The molecule has 2 aromatic carbocycles. The topological polar surface area (TPSA) is 240 Å². The van der Waals surface area contributed by atoms with Crippen molar-refractivity contribution in [2.45, 2.75) is 68.1 Å². The third-order valence-electron chi connectivity index (χ3n) is 7.37. The van der Waals surface area contributed by atoms with Crippen molar-refractivity contribution in [3.05, 3.63) is 52.2 Å². The quantitative estimate of drug-likeness (QED) is 0.169. The summed E-state index contributed by atoms with van der Waals surface area (Å²) in [5.74, 6) is -1.10. The van der Waals surface area contributed by atoms with Crippen LogP contribution >= 0.6 is 0 Å². The summed E-state index contributed by atoms with van der Waals surface area (Å²) in [5, 5.41) is 91.4. The van der Waals surface area contributed by atoms with Crippen LogP contribution in [0.5, 0.6) is 17.2 Å². The number of aromatic hydroxyl groups is 2. The number of fused-ring (bicyclic) bond motifs is 1. The highest BCUT2D eigenvalue weighted by Crippen LogP contribution is 2.43. The molecule has 0 spiro atoms. The molecule has 14 heteroatoms. The molecule has 2 fully saturated rings. The maximum atomic E-state index is 13.1. The van der Waals surface area contributed by atoms with Gasteiger partial charge in [0.05, 0.1) is 18.3 Å². The van der Waals surface area contributed by atoms with Gasteiger partial charge in [-0.3, -0.25) is 4.79 Å². The molecule has 10 atom stereocenters. The smallest absolute Gasteiger partial charge is 0.229 e. The monoisotopic (exact) mass is 578 g/mol. The first-order valence-electron chi connectivity index (χ1n) is 12.7. The second-order valence-corrected chi connectivity index (χ2v) is 10.1.